The van der Waals surface area contributed by atoms with Crippen molar-refractivity contribution in [2.45, 2.75) is 40.5 Å². The zero-order valence-electron chi connectivity index (χ0n) is 19.3. The normalized spacial score (nSPS) is 13.5. The Kier molecular flexibility index (Phi) is 8.04. The van der Waals surface area contributed by atoms with Crippen LogP contribution in [0.15, 0.2) is 71.1 Å². The molecule has 0 saturated carbocycles. The fourth-order valence-corrected chi connectivity index (χ4v) is 3.42. The van der Waals surface area contributed by atoms with Crippen LogP contribution in [0.1, 0.15) is 39.1 Å². The minimum atomic E-state index is -4.72. The number of pyridine rings is 1. The molecule has 3 rings (SSSR count). The Balaban J connectivity index is 1.67. The molecule has 9 heteroatoms. The molecule has 180 valence electrons. The minimum Gasteiger partial charge on any atom is -0.462 e. The number of allylic oxidation sites excluding steroid dienone is 3. The molecule has 0 aliphatic carbocycles. The Morgan fingerprint density at radius 2 is 1.74 bits per heavy atom. The Morgan fingerprint density at radius 3 is 2.38 bits per heavy atom. The van der Waals surface area contributed by atoms with Crippen LogP contribution < -0.4 is 9.47 Å². The Hall–Kier alpha value is -3.26. The van der Waals surface area contributed by atoms with Gasteiger partial charge in [0.15, 0.2) is 0 Å². The molecular formula is C25H25ClF3N3O2. The number of halogens is 4. The van der Waals surface area contributed by atoms with E-state index in [4.69, 9.17) is 21.3 Å². The van der Waals surface area contributed by atoms with E-state index in [0.29, 0.717) is 23.1 Å². The smallest absolute Gasteiger partial charge is 0.462 e. The molecule has 34 heavy (non-hydrogen) atoms. The molecule has 2 aromatic heterocycles. The van der Waals surface area contributed by atoms with Crippen molar-refractivity contribution in [3.8, 4) is 11.5 Å². The number of alkyl halides is 3. The lowest BCUT2D eigenvalue weighted by Gasteiger charge is -2.10. The molecule has 0 aliphatic rings. The van der Waals surface area contributed by atoms with E-state index in [0.717, 1.165) is 34.7 Å². The van der Waals surface area contributed by atoms with Crippen LogP contribution >= 0.6 is 11.6 Å². The zero-order valence-corrected chi connectivity index (χ0v) is 20.0. The Morgan fingerprint density at radius 1 is 1.06 bits per heavy atom. The van der Waals surface area contributed by atoms with Crippen LogP contribution in [0.25, 0.3) is 5.65 Å². The third-order valence-corrected chi connectivity index (χ3v) is 5.06. The Bertz CT molecular complexity index is 1240. The molecule has 0 saturated heterocycles. The third kappa shape index (κ3) is 6.87. The van der Waals surface area contributed by atoms with Gasteiger partial charge in [0.2, 0.25) is 0 Å². The summed E-state index contributed by atoms with van der Waals surface area (Å²) in [7, 11) is 0. The highest BCUT2D eigenvalue weighted by Crippen LogP contribution is 2.25. The topological polar surface area (TPSA) is 48.1 Å². The van der Waals surface area contributed by atoms with E-state index in [2.05, 4.69) is 16.6 Å². The number of fused-ring (bicyclic) bond motifs is 1. The van der Waals surface area contributed by atoms with Crippen LogP contribution in [0.2, 0.25) is 5.02 Å². The molecule has 0 spiro atoms. The van der Waals surface area contributed by atoms with Crippen molar-refractivity contribution in [2.75, 3.05) is 6.54 Å². The van der Waals surface area contributed by atoms with Crippen molar-refractivity contribution < 1.29 is 22.6 Å². The van der Waals surface area contributed by atoms with Crippen molar-refractivity contribution in [2.24, 2.45) is 4.99 Å². The molecular weight excluding hydrogens is 467 g/mol. The first-order valence-corrected chi connectivity index (χ1v) is 11.0. The highest BCUT2D eigenvalue weighted by molar-refractivity contribution is 6.30. The van der Waals surface area contributed by atoms with Crippen LogP contribution in [0.5, 0.6) is 11.5 Å². The van der Waals surface area contributed by atoms with Crippen LogP contribution in [-0.4, -0.2) is 28.0 Å². The van der Waals surface area contributed by atoms with Gasteiger partial charge in [-0.15, -0.1) is 13.2 Å². The maximum Gasteiger partial charge on any atom is 0.573 e. The van der Waals surface area contributed by atoms with Gasteiger partial charge in [-0.25, -0.2) is 4.98 Å². The van der Waals surface area contributed by atoms with Gasteiger partial charge < -0.3 is 9.47 Å². The van der Waals surface area contributed by atoms with Crippen LogP contribution in [-0.2, 0) is 6.42 Å². The quantitative estimate of drug-likeness (QED) is 0.190. The van der Waals surface area contributed by atoms with Crippen LogP contribution in [0.3, 0.4) is 0 Å². The lowest BCUT2D eigenvalue weighted by atomic mass is 10.2. The SMILES string of the molecule is CCc1nc2ccc(Cl)cn2c1C(C)=NCC(C)=CC=C(C)Oc1ccc(OC(F)(F)F)cc1. The van der Waals surface area contributed by atoms with E-state index < -0.39 is 6.36 Å². The van der Waals surface area contributed by atoms with Gasteiger partial charge in [-0.2, -0.15) is 0 Å². The van der Waals surface area contributed by atoms with Gasteiger partial charge in [-0.3, -0.25) is 9.39 Å². The first-order chi connectivity index (χ1) is 16.1. The third-order valence-electron chi connectivity index (χ3n) is 4.84. The number of imidazole rings is 1. The van der Waals surface area contributed by atoms with Crippen molar-refractivity contribution in [3.05, 3.63) is 82.5 Å². The average molecular weight is 492 g/mol. The monoisotopic (exact) mass is 491 g/mol. The lowest BCUT2D eigenvalue weighted by Crippen LogP contribution is -2.16. The average Bonchev–Trinajstić information content (AvgIpc) is 3.14. The standard InChI is InChI=1S/C25H25ClF3N3O2/c1-5-22-24(32-15-19(26)8-13-23(32)31-22)18(4)30-14-16(2)6-7-17(3)33-20-9-11-21(12-10-20)34-25(27,28)29/h6-13,15H,5,14H2,1-4H3. The first kappa shape index (κ1) is 25.4. The van der Waals surface area contributed by atoms with E-state index in [1.54, 1.807) is 13.0 Å². The van der Waals surface area contributed by atoms with Crippen LogP contribution in [0.4, 0.5) is 13.2 Å². The summed E-state index contributed by atoms with van der Waals surface area (Å²) in [5.74, 6) is 0.681. The highest BCUT2D eigenvalue weighted by atomic mass is 35.5. The predicted molar refractivity (Wildman–Crippen MR) is 128 cm³/mol. The number of nitrogens with zero attached hydrogens (tertiary/aromatic N) is 3. The fourth-order valence-electron chi connectivity index (χ4n) is 3.26. The number of benzene rings is 1. The van der Waals surface area contributed by atoms with Crippen molar-refractivity contribution >= 4 is 23.0 Å². The van der Waals surface area contributed by atoms with Crippen molar-refractivity contribution in [3.63, 3.8) is 0 Å². The van der Waals surface area contributed by atoms with E-state index in [9.17, 15) is 13.2 Å². The Labute approximate surface area is 201 Å². The first-order valence-electron chi connectivity index (χ1n) is 10.6. The van der Waals surface area contributed by atoms with Gasteiger partial charge >= 0.3 is 6.36 Å². The van der Waals surface area contributed by atoms with Gasteiger partial charge in [0, 0.05) is 6.20 Å². The summed E-state index contributed by atoms with van der Waals surface area (Å²) in [5, 5.41) is 0.626. The molecule has 0 aliphatic heterocycles. The summed E-state index contributed by atoms with van der Waals surface area (Å²) in [5.41, 5.74) is 4.59. The molecule has 0 radical (unpaired) electrons. The number of hydrogen-bond acceptors (Lipinski definition) is 4. The minimum absolute atomic E-state index is 0.301. The number of aliphatic imine (C=N–C) groups is 1. The molecule has 0 atom stereocenters. The fraction of sp³-hybridized carbons (Fsp3) is 0.280. The van der Waals surface area contributed by atoms with Gasteiger partial charge in [0.1, 0.15) is 22.9 Å². The molecule has 0 fully saturated rings. The van der Waals surface area contributed by atoms with Crippen LogP contribution in [0, 0.1) is 0 Å². The van der Waals surface area contributed by atoms with E-state index >= 15 is 0 Å². The number of aromatic nitrogens is 2. The molecule has 1 aromatic carbocycles. The molecule has 5 nitrogen and oxygen atoms in total. The van der Waals surface area contributed by atoms with E-state index in [1.807, 2.05) is 42.7 Å². The molecule has 0 bridgehead atoms. The summed E-state index contributed by atoms with van der Waals surface area (Å²) in [6.45, 7) is 8.20. The van der Waals surface area contributed by atoms with Crippen molar-refractivity contribution in [1.29, 1.82) is 0 Å². The molecule has 2 heterocycles. The van der Waals surface area contributed by atoms with Gasteiger partial charge in [0.05, 0.1) is 28.7 Å². The maximum atomic E-state index is 12.3. The molecule has 0 amide bonds. The maximum absolute atomic E-state index is 12.3. The number of ether oxygens (including phenoxy) is 2. The zero-order chi connectivity index (χ0) is 24.9. The summed E-state index contributed by atoms with van der Waals surface area (Å²) >= 11 is 6.17. The summed E-state index contributed by atoms with van der Waals surface area (Å²) in [6.07, 6.45) is 1.56. The summed E-state index contributed by atoms with van der Waals surface area (Å²) < 4.78 is 48.2. The number of hydrogen-bond donors (Lipinski definition) is 0. The lowest BCUT2D eigenvalue weighted by molar-refractivity contribution is -0.274. The largest absolute Gasteiger partial charge is 0.573 e. The van der Waals surface area contributed by atoms with E-state index in [1.165, 1.54) is 24.3 Å². The second-order valence-electron chi connectivity index (χ2n) is 7.65. The van der Waals surface area contributed by atoms with Crippen molar-refractivity contribution in [1.82, 2.24) is 9.38 Å². The number of aryl methyl sites for hydroxylation is 1. The molecule has 0 unspecified atom stereocenters. The second kappa shape index (κ2) is 10.8. The summed E-state index contributed by atoms with van der Waals surface area (Å²) in [6, 6.07) is 8.92. The molecule has 3 aromatic rings. The van der Waals surface area contributed by atoms with Gasteiger partial charge in [-0.1, -0.05) is 30.2 Å². The summed E-state index contributed by atoms with van der Waals surface area (Å²) in [4.78, 5) is 9.39. The van der Waals surface area contributed by atoms with Gasteiger partial charge in [-0.05, 0) is 69.7 Å². The van der Waals surface area contributed by atoms with E-state index in [-0.39, 0.29) is 5.75 Å². The number of rotatable bonds is 8. The highest BCUT2D eigenvalue weighted by Gasteiger charge is 2.31. The second-order valence-corrected chi connectivity index (χ2v) is 8.09. The molecule has 0 N–H and O–H groups in total. The predicted octanol–water partition coefficient (Wildman–Crippen LogP) is 7.19. The van der Waals surface area contributed by atoms with Gasteiger partial charge in [0.25, 0.3) is 0 Å².